The Morgan fingerprint density at radius 2 is 2.29 bits per heavy atom. The lowest BCUT2D eigenvalue weighted by molar-refractivity contribution is -0.134. The predicted octanol–water partition coefficient (Wildman–Crippen LogP) is 2.92. The Kier molecular flexibility index (Phi) is 4.47. The van der Waals surface area contributed by atoms with Crippen LogP contribution in [0.25, 0.3) is 0 Å². The van der Waals surface area contributed by atoms with Crippen molar-refractivity contribution < 1.29 is 9.53 Å². The number of halogens is 1. The number of hydrogen-bond donors (Lipinski definition) is 0. The topological polar surface area (TPSA) is 26.3 Å². The molecule has 0 aliphatic rings. The fourth-order valence-corrected chi connectivity index (χ4v) is 1.21. The second-order valence-electron chi connectivity index (χ2n) is 3.08. The maximum Gasteiger partial charge on any atom is 0.311 e. The van der Waals surface area contributed by atoms with E-state index in [-0.39, 0.29) is 5.97 Å². The van der Waals surface area contributed by atoms with Gasteiger partial charge >= 0.3 is 5.97 Å². The second-order valence-corrected chi connectivity index (χ2v) is 3.46. The Hall–Kier alpha value is -1.02. The van der Waals surface area contributed by atoms with Crippen LogP contribution in [0.2, 0.25) is 0 Å². The average Bonchev–Trinajstić information content (AvgIpc) is 2.15. The monoisotopic (exact) mass is 212 g/mol. The molecular weight excluding hydrogens is 200 g/mol. The lowest BCUT2D eigenvalue weighted by Crippen LogP contribution is -2.07. The van der Waals surface area contributed by atoms with Gasteiger partial charge in [0.1, 0.15) is 5.75 Å². The third kappa shape index (κ3) is 3.79. The van der Waals surface area contributed by atoms with Gasteiger partial charge in [-0.3, -0.25) is 4.79 Å². The van der Waals surface area contributed by atoms with Crippen LogP contribution in [0.15, 0.2) is 24.3 Å². The van der Waals surface area contributed by atoms with E-state index in [2.05, 4.69) is 0 Å². The number of alkyl halides is 1. The largest absolute Gasteiger partial charge is 0.427 e. The van der Waals surface area contributed by atoms with Crippen molar-refractivity contribution in [2.75, 3.05) is 5.88 Å². The van der Waals surface area contributed by atoms with Crippen molar-refractivity contribution in [3.05, 3.63) is 29.8 Å². The molecule has 76 valence electrons. The van der Waals surface area contributed by atoms with Gasteiger partial charge in [0, 0.05) is 12.3 Å². The molecule has 2 nitrogen and oxygen atoms in total. The first-order valence-electron chi connectivity index (χ1n) is 4.55. The standard InChI is InChI=1S/C11H13ClO2/c1-9-4-2-5-10(8-9)14-11(13)6-3-7-12/h2,4-5,8H,3,6-7H2,1H3. The number of ether oxygens (including phenoxy) is 1. The van der Waals surface area contributed by atoms with Gasteiger partial charge in [-0.25, -0.2) is 0 Å². The van der Waals surface area contributed by atoms with Crippen LogP contribution < -0.4 is 4.74 Å². The van der Waals surface area contributed by atoms with Gasteiger partial charge in [-0.2, -0.15) is 0 Å². The molecule has 0 aliphatic carbocycles. The minimum absolute atomic E-state index is 0.226. The molecule has 0 spiro atoms. The molecule has 14 heavy (non-hydrogen) atoms. The first-order valence-corrected chi connectivity index (χ1v) is 5.09. The van der Waals surface area contributed by atoms with Crippen LogP contribution >= 0.6 is 11.6 Å². The molecule has 0 saturated heterocycles. The molecule has 0 amide bonds. The molecule has 0 aromatic heterocycles. The van der Waals surface area contributed by atoms with Crippen molar-refractivity contribution in [3.63, 3.8) is 0 Å². The van der Waals surface area contributed by atoms with Gasteiger partial charge in [-0.05, 0) is 31.0 Å². The molecule has 0 bridgehead atoms. The van der Waals surface area contributed by atoms with Crippen LogP contribution in [0.1, 0.15) is 18.4 Å². The van der Waals surface area contributed by atoms with E-state index >= 15 is 0 Å². The van der Waals surface area contributed by atoms with Crippen molar-refractivity contribution in [1.82, 2.24) is 0 Å². The number of carbonyl (C=O) groups is 1. The maximum absolute atomic E-state index is 11.2. The molecule has 1 rings (SSSR count). The zero-order chi connectivity index (χ0) is 10.4. The van der Waals surface area contributed by atoms with Crippen molar-refractivity contribution in [3.8, 4) is 5.75 Å². The lowest BCUT2D eigenvalue weighted by atomic mass is 10.2. The van der Waals surface area contributed by atoms with Crippen LogP contribution in [0.4, 0.5) is 0 Å². The van der Waals surface area contributed by atoms with Crippen LogP contribution in [0, 0.1) is 6.92 Å². The zero-order valence-corrected chi connectivity index (χ0v) is 8.88. The predicted molar refractivity (Wildman–Crippen MR) is 56.8 cm³/mol. The summed E-state index contributed by atoms with van der Waals surface area (Å²) >= 11 is 5.47. The molecular formula is C11H13ClO2. The van der Waals surface area contributed by atoms with Crippen molar-refractivity contribution >= 4 is 17.6 Å². The minimum Gasteiger partial charge on any atom is -0.427 e. The Bertz CT molecular complexity index is 310. The van der Waals surface area contributed by atoms with Gasteiger partial charge in [-0.15, -0.1) is 11.6 Å². The van der Waals surface area contributed by atoms with E-state index in [0.717, 1.165) is 5.56 Å². The molecule has 1 aromatic rings. The number of benzene rings is 1. The number of rotatable bonds is 4. The minimum atomic E-state index is -0.226. The highest BCUT2D eigenvalue weighted by Crippen LogP contribution is 2.13. The Balaban J connectivity index is 2.47. The third-order valence-corrected chi connectivity index (χ3v) is 2.00. The fraction of sp³-hybridized carbons (Fsp3) is 0.364. The summed E-state index contributed by atoms with van der Waals surface area (Å²) in [7, 11) is 0. The molecule has 1 aromatic carbocycles. The summed E-state index contributed by atoms with van der Waals surface area (Å²) < 4.78 is 5.10. The Labute approximate surface area is 88.8 Å². The van der Waals surface area contributed by atoms with Crippen LogP contribution in [0.5, 0.6) is 5.75 Å². The van der Waals surface area contributed by atoms with Gasteiger partial charge in [0.05, 0.1) is 0 Å². The molecule has 0 N–H and O–H groups in total. The normalized spacial score (nSPS) is 9.86. The smallest absolute Gasteiger partial charge is 0.311 e. The summed E-state index contributed by atoms with van der Waals surface area (Å²) in [6.45, 7) is 1.95. The highest BCUT2D eigenvalue weighted by atomic mass is 35.5. The highest BCUT2D eigenvalue weighted by molar-refractivity contribution is 6.17. The SMILES string of the molecule is Cc1cccc(OC(=O)CCCCl)c1. The van der Waals surface area contributed by atoms with E-state index in [0.29, 0.717) is 24.5 Å². The first kappa shape index (κ1) is 11.1. The number of carbonyl (C=O) groups excluding carboxylic acids is 1. The summed E-state index contributed by atoms with van der Waals surface area (Å²) in [5.74, 6) is 0.865. The molecule has 0 atom stereocenters. The first-order chi connectivity index (χ1) is 6.72. The Morgan fingerprint density at radius 3 is 2.93 bits per heavy atom. The van der Waals surface area contributed by atoms with E-state index in [1.165, 1.54) is 0 Å². The summed E-state index contributed by atoms with van der Waals surface area (Å²) in [6.07, 6.45) is 1.03. The van der Waals surface area contributed by atoms with Crippen LogP contribution in [0.3, 0.4) is 0 Å². The molecule has 0 aliphatic heterocycles. The number of esters is 1. The summed E-state index contributed by atoms with van der Waals surface area (Å²) in [5, 5.41) is 0. The van der Waals surface area contributed by atoms with Crippen molar-refractivity contribution in [2.24, 2.45) is 0 Å². The van der Waals surface area contributed by atoms with E-state index < -0.39 is 0 Å². The van der Waals surface area contributed by atoms with E-state index in [4.69, 9.17) is 16.3 Å². The molecule has 0 fully saturated rings. The van der Waals surface area contributed by atoms with Gasteiger partial charge in [0.2, 0.25) is 0 Å². The van der Waals surface area contributed by atoms with Gasteiger partial charge in [0.25, 0.3) is 0 Å². The zero-order valence-electron chi connectivity index (χ0n) is 8.13. The third-order valence-electron chi connectivity index (χ3n) is 1.74. The molecule has 3 heteroatoms. The second kappa shape index (κ2) is 5.66. The van der Waals surface area contributed by atoms with Gasteiger partial charge < -0.3 is 4.74 Å². The Morgan fingerprint density at radius 1 is 1.50 bits per heavy atom. The summed E-state index contributed by atoms with van der Waals surface area (Å²) in [5.41, 5.74) is 1.08. The molecule has 0 unspecified atom stereocenters. The molecule has 0 radical (unpaired) electrons. The average molecular weight is 213 g/mol. The van der Waals surface area contributed by atoms with Crippen molar-refractivity contribution in [1.29, 1.82) is 0 Å². The van der Waals surface area contributed by atoms with Crippen LogP contribution in [-0.4, -0.2) is 11.8 Å². The van der Waals surface area contributed by atoms with Crippen molar-refractivity contribution in [2.45, 2.75) is 19.8 Å². The number of aryl methyl sites for hydroxylation is 1. The fourth-order valence-electron chi connectivity index (χ4n) is 1.07. The lowest BCUT2D eigenvalue weighted by Gasteiger charge is -2.03. The van der Waals surface area contributed by atoms with Crippen LogP contribution in [-0.2, 0) is 4.79 Å². The van der Waals surface area contributed by atoms with E-state index in [1.54, 1.807) is 6.07 Å². The maximum atomic E-state index is 11.2. The van der Waals surface area contributed by atoms with Gasteiger partial charge in [-0.1, -0.05) is 12.1 Å². The summed E-state index contributed by atoms with van der Waals surface area (Å²) in [4.78, 5) is 11.2. The number of hydrogen-bond acceptors (Lipinski definition) is 2. The molecule has 0 heterocycles. The quantitative estimate of drug-likeness (QED) is 0.436. The molecule has 0 saturated carbocycles. The van der Waals surface area contributed by atoms with Gasteiger partial charge in [0.15, 0.2) is 0 Å². The van der Waals surface area contributed by atoms with E-state index in [9.17, 15) is 4.79 Å². The van der Waals surface area contributed by atoms with E-state index in [1.807, 2.05) is 25.1 Å². The summed E-state index contributed by atoms with van der Waals surface area (Å²) in [6, 6.07) is 7.42. The highest BCUT2D eigenvalue weighted by Gasteiger charge is 2.03.